The second-order valence-electron chi connectivity index (χ2n) is 5.84. The normalized spacial score (nSPS) is 24.0. The molecule has 21 heavy (non-hydrogen) atoms. The van der Waals surface area contributed by atoms with Crippen LogP contribution in [0.1, 0.15) is 43.0 Å². The molecule has 3 atom stereocenters. The molecule has 114 valence electrons. The third-order valence-electron chi connectivity index (χ3n) is 4.37. The van der Waals surface area contributed by atoms with E-state index in [2.05, 4.69) is 24.1 Å². The maximum absolute atomic E-state index is 12.3. The van der Waals surface area contributed by atoms with Crippen LogP contribution in [-0.4, -0.2) is 41.0 Å². The van der Waals surface area contributed by atoms with Crippen molar-refractivity contribution in [3.05, 3.63) is 48.0 Å². The van der Waals surface area contributed by atoms with Crippen LogP contribution < -0.4 is 0 Å². The highest BCUT2D eigenvalue weighted by atomic mass is 16.3. The Balaban J connectivity index is 1.98. The minimum atomic E-state index is -0.273. The Morgan fingerprint density at radius 1 is 1.38 bits per heavy atom. The van der Waals surface area contributed by atoms with Gasteiger partial charge in [0.15, 0.2) is 5.78 Å². The summed E-state index contributed by atoms with van der Waals surface area (Å²) in [6.45, 7) is 1.99. The highest BCUT2D eigenvalue weighted by Gasteiger charge is 2.27. The summed E-state index contributed by atoms with van der Waals surface area (Å²) in [7, 11) is 2.06. The van der Waals surface area contributed by atoms with E-state index in [-0.39, 0.29) is 24.0 Å². The zero-order valence-electron chi connectivity index (χ0n) is 12.9. The van der Waals surface area contributed by atoms with Gasteiger partial charge in [0, 0.05) is 24.1 Å². The Morgan fingerprint density at radius 3 is 2.76 bits per heavy atom. The molecule has 1 aromatic carbocycles. The lowest BCUT2D eigenvalue weighted by molar-refractivity contribution is 0.0837. The molecule has 2 rings (SSSR count). The van der Waals surface area contributed by atoms with Gasteiger partial charge in [-0.25, -0.2) is 0 Å². The van der Waals surface area contributed by atoms with Crippen LogP contribution >= 0.6 is 0 Å². The van der Waals surface area contributed by atoms with E-state index in [1.54, 1.807) is 0 Å². The van der Waals surface area contributed by atoms with Crippen LogP contribution in [0.2, 0.25) is 0 Å². The Kier molecular flexibility index (Phi) is 5.71. The number of rotatable bonds is 6. The van der Waals surface area contributed by atoms with Crippen LogP contribution in [0.25, 0.3) is 0 Å². The second-order valence-corrected chi connectivity index (χ2v) is 5.84. The van der Waals surface area contributed by atoms with Crippen molar-refractivity contribution < 1.29 is 9.90 Å². The van der Waals surface area contributed by atoms with Gasteiger partial charge >= 0.3 is 0 Å². The number of hydrogen-bond donors (Lipinski definition) is 1. The first-order valence-corrected chi connectivity index (χ1v) is 7.76. The number of carbonyl (C=O) groups excluding carboxylic acids is 1. The van der Waals surface area contributed by atoms with E-state index in [0.717, 1.165) is 24.8 Å². The highest BCUT2D eigenvalue weighted by Crippen LogP contribution is 2.23. The van der Waals surface area contributed by atoms with Gasteiger partial charge in [-0.15, -0.1) is 0 Å². The average Bonchev–Trinajstić information content (AvgIpc) is 2.52. The molecule has 1 N–H and O–H groups in total. The molecule has 0 saturated carbocycles. The second kappa shape index (κ2) is 7.53. The van der Waals surface area contributed by atoms with E-state index in [1.807, 2.05) is 37.3 Å². The van der Waals surface area contributed by atoms with E-state index in [0.29, 0.717) is 6.42 Å². The van der Waals surface area contributed by atoms with E-state index >= 15 is 0 Å². The maximum Gasteiger partial charge on any atom is 0.164 e. The number of aliphatic hydroxyl groups excluding tert-OH is 1. The standard InChI is InChI=1S/C18H25NO2/c1-3-17(20)12-15-10-7-11-16(19(15)2)13-18(21)14-8-5-4-6-9-14/h4-10,15-17,20H,3,11-13H2,1-2H3/t15-,16+,17-/m1/s1. The lowest BCUT2D eigenvalue weighted by Gasteiger charge is -2.37. The SMILES string of the molecule is CC[C@@H](O)C[C@H]1C=CC[C@@H](CC(=O)c2ccccc2)N1C. The van der Waals surface area contributed by atoms with Crippen LogP contribution in [0.5, 0.6) is 0 Å². The molecule has 0 fully saturated rings. The van der Waals surface area contributed by atoms with Gasteiger partial charge in [-0.3, -0.25) is 9.69 Å². The Labute approximate surface area is 127 Å². The van der Waals surface area contributed by atoms with Gasteiger partial charge in [-0.2, -0.15) is 0 Å². The number of aliphatic hydroxyl groups is 1. The van der Waals surface area contributed by atoms with E-state index in [1.165, 1.54) is 0 Å². The predicted octanol–water partition coefficient (Wildman–Crippen LogP) is 3.05. The van der Waals surface area contributed by atoms with Crippen molar-refractivity contribution in [2.45, 2.75) is 50.8 Å². The lowest BCUT2D eigenvalue weighted by atomic mass is 9.93. The van der Waals surface area contributed by atoms with Gasteiger partial charge in [0.1, 0.15) is 0 Å². The first-order valence-electron chi connectivity index (χ1n) is 7.76. The maximum atomic E-state index is 12.3. The van der Waals surface area contributed by atoms with Crippen molar-refractivity contribution in [1.29, 1.82) is 0 Å². The van der Waals surface area contributed by atoms with Crippen molar-refractivity contribution in [1.82, 2.24) is 4.90 Å². The Morgan fingerprint density at radius 2 is 2.10 bits per heavy atom. The molecule has 0 amide bonds. The molecule has 1 aliphatic heterocycles. The summed E-state index contributed by atoms with van der Waals surface area (Å²) in [5.41, 5.74) is 0.783. The molecule has 0 aromatic heterocycles. The summed E-state index contributed by atoms with van der Waals surface area (Å²) in [6, 6.07) is 9.92. The van der Waals surface area contributed by atoms with Crippen LogP contribution in [-0.2, 0) is 0 Å². The van der Waals surface area contributed by atoms with Crippen LogP contribution in [0, 0.1) is 0 Å². The van der Waals surface area contributed by atoms with Crippen LogP contribution in [0.4, 0.5) is 0 Å². The van der Waals surface area contributed by atoms with Gasteiger partial charge < -0.3 is 5.11 Å². The van der Waals surface area contributed by atoms with Crippen LogP contribution in [0.15, 0.2) is 42.5 Å². The fourth-order valence-corrected chi connectivity index (χ4v) is 2.84. The van der Waals surface area contributed by atoms with Gasteiger partial charge in [0.05, 0.1) is 6.10 Å². The zero-order valence-corrected chi connectivity index (χ0v) is 12.9. The van der Waals surface area contributed by atoms with Crippen LogP contribution in [0.3, 0.4) is 0 Å². The molecule has 0 aliphatic carbocycles. The number of nitrogens with zero attached hydrogens (tertiary/aromatic N) is 1. The fraction of sp³-hybridized carbons (Fsp3) is 0.500. The zero-order chi connectivity index (χ0) is 15.2. The Bertz CT molecular complexity index is 483. The van der Waals surface area contributed by atoms with E-state index < -0.39 is 0 Å². The van der Waals surface area contributed by atoms with Gasteiger partial charge in [0.2, 0.25) is 0 Å². The fourth-order valence-electron chi connectivity index (χ4n) is 2.84. The van der Waals surface area contributed by atoms with Gasteiger partial charge in [0.25, 0.3) is 0 Å². The molecular weight excluding hydrogens is 262 g/mol. The molecular formula is C18H25NO2. The molecule has 3 nitrogen and oxygen atoms in total. The van der Waals surface area contributed by atoms with Gasteiger partial charge in [-0.05, 0) is 26.3 Å². The lowest BCUT2D eigenvalue weighted by Crippen LogP contribution is -2.44. The number of benzene rings is 1. The molecule has 0 unspecified atom stereocenters. The van der Waals surface area contributed by atoms with Gasteiger partial charge in [-0.1, -0.05) is 49.4 Å². The van der Waals surface area contributed by atoms with Crippen molar-refractivity contribution in [2.24, 2.45) is 0 Å². The summed E-state index contributed by atoms with van der Waals surface area (Å²) < 4.78 is 0. The average molecular weight is 287 g/mol. The summed E-state index contributed by atoms with van der Waals surface area (Å²) in [4.78, 5) is 14.6. The quantitative estimate of drug-likeness (QED) is 0.646. The van der Waals surface area contributed by atoms with Crippen molar-refractivity contribution in [2.75, 3.05) is 7.05 Å². The third kappa shape index (κ3) is 4.26. The van der Waals surface area contributed by atoms with E-state index in [9.17, 15) is 9.90 Å². The predicted molar refractivity (Wildman–Crippen MR) is 85.4 cm³/mol. The number of Topliss-reactive ketones (excluding diaryl/α,β-unsaturated/α-hetero) is 1. The monoisotopic (exact) mass is 287 g/mol. The molecule has 1 aromatic rings. The Hall–Kier alpha value is -1.45. The molecule has 1 heterocycles. The molecule has 0 saturated heterocycles. The first kappa shape index (κ1) is 15.9. The minimum Gasteiger partial charge on any atom is -0.393 e. The summed E-state index contributed by atoms with van der Waals surface area (Å²) in [6.07, 6.45) is 6.96. The summed E-state index contributed by atoms with van der Waals surface area (Å²) in [5, 5.41) is 9.85. The number of carbonyl (C=O) groups is 1. The third-order valence-corrected chi connectivity index (χ3v) is 4.37. The number of likely N-dealkylation sites (N-methyl/N-ethyl adjacent to an activating group) is 1. The summed E-state index contributed by atoms with van der Waals surface area (Å²) in [5.74, 6) is 0.192. The number of hydrogen-bond acceptors (Lipinski definition) is 3. The molecule has 3 heteroatoms. The number of ketones is 1. The molecule has 1 aliphatic rings. The largest absolute Gasteiger partial charge is 0.393 e. The first-order chi connectivity index (χ1) is 10.1. The van der Waals surface area contributed by atoms with E-state index in [4.69, 9.17) is 0 Å². The molecule has 0 radical (unpaired) electrons. The topological polar surface area (TPSA) is 40.5 Å². The molecule has 0 bridgehead atoms. The smallest absolute Gasteiger partial charge is 0.164 e. The van der Waals surface area contributed by atoms with Crippen molar-refractivity contribution in [3.8, 4) is 0 Å². The minimum absolute atomic E-state index is 0.192. The molecule has 0 spiro atoms. The highest BCUT2D eigenvalue weighted by molar-refractivity contribution is 5.96. The summed E-state index contributed by atoms with van der Waals surface area (Å²) >= 11 is 0. The van der Waals surface area contributed by atoms with Crippen molar-refractivity contribution in [3.63, 3.8) is 0 Å². The van der Waals surface area contributed by atoms with Crippen molar-refractivity contribution >= 4 is 5.78 Å².